The number of hydrogen-bond acceptors (Lipinski definition) is 5. The number of carbonyl (C=O) groups excluding carboxylic acids is 1. The summed E-state index contributed by atoms with van der Waals surface area (Å²) in [5, 5.41) is 0. The molecule has 2 heterocycles. The van der Waals surface area contributed by atoms with E-state index >= 15 is 0 Å². The van der Waals surface area contributed by atoms with Crippen molar-refractivity contribution in [2.24, 2.45) is 5.41 Å². The monoisotopic (exact) mass is 376 g/mol. The summed E-state index contributed by atoms with van der Waals surface area (Å²) in [6, 6.07) is 0. The molecule has 8 heteroatoms. The van der Waals surface area contributed by atoms with Crippen molar-refractivity contribution < 1.29 is 9.53 Å². The highest BCUT2D eigenvalue weighted by molar-refractivity contribution is 5.75. The second-order valence-corrected chi connectivity index (χ2v) is 8.28. The number of esters is 1. The molecule has 8 nitrogen and oxygen atoms in total. The Hall–Kier alpha value is -2.38. The average molecular weight is 376 g/mol. The van der Waals surface area contributed by atoms with Crippen molar-refractivity contribution in [3.05, 3.63) is 26.7 Å². The minimum Gasteiger partial charge on any atom is -0.443 e. The summed E-state index contributed by atoms with van der Waals surface area (Å²) in [4.78, 5) is 45.5. The van der Waals surface area contributed by atoms with E-state index in [-0.39, 0.29) is 23.9 Å². The van der Waals surface area contributed by atoms with Crippen molar-refractivity contribution in [1.29, 1.82) is 0 Å². The van der Waals surface area contributed by atoms with Crippen LogP contribution in [0.25, 0.3) is 11.2 Å². The van der Waals surface area contributed by atoms with Crippen LogP contribution in [0.3, 0.4) is 0 Å². The minimum absolute atomic E-state index is 0.260. The molecule has 0 atom stereocenters. The zero-order chi connectivity index (χ0) is 19.8. The van der Waals surface area contributed by atoms with Crippen molar-refractivity contribution in [2.45, 2.75) is 79.0 Å². The lowest BCUT2D eigenvalue weighted by Gasteiger charge is -2.17. The van der Waals surface area contributed by atoms with Crippen molar-refractivity contribution in [1.82, 2.24) is 19.1 Å². The van der Waals surface area contributed by atoms with Gasteiger partial charge in [0.25, 0.3) is 5.56 Å². The first kappa shape index (κ1) is 19.4. The van der Waals surface area contributed by atoms with Gasteiger partial charge in [-0.05, 0) is 40.0 Å². The number of carbonyl (C=O) groups is 1. The molecule has 1 saturated carbocycles. The molecule has 27 heavy (non-hydrogen) atoms. The number of imidazole rings is 1. The van der Waals surface area contributed by atoms with Gasteiger partial charge >= 0.3 is 11.7 Å². The van der Waals surface area contributed by atoms with Gasteiger partial charge in [0.15, 0.2) is 12.4 Å². The molecule has 2 aromatic heterocycles. The fraction of sp³-hybridized carbons (Fsp3) is 0.684. The maximum Gasteiger partial charge on any atom is 0.335 e. The second-order valence-electron chi connectivity index (χ2n) is 8.28. The van der Waals surface area contributed by atoms with Crippen LogP contribution in [0.1, 0.15) is 71.5 Å². The molecule has 1 aliphatic rings. The number of ether oxygens (including phenoxy) is 1. The van der Waals surface area contributed by atoms with Gasteiger partial charge < -0.3 is 9.72 Å². The van der Waals surface area contributed by atoms with E-state index < -0.39 is 17.1 Å². The molecule has 0 unspecified atom stereocenters. The highest BCUT2D eigenvalue weighted by Crippen LogP contribution is 2.32. The topological polar surface area (TPSA) is 99.0 Å². The Kier molecular flexibility index (Phi) is 5.26. The highest BCUT2D eigenvalue weighted by atomic mass is 16.5. The Labute approximate surface area is 157 Å². The fourth-order valence-corrected chi connectivity index (χ4v) is 3.45. The van der Waals surface area contributed by atoms with E-state index in [2.05, 4.69) is 9.97 Å². The average Bonchev–Trinajstić information content (AvgIpc) is 3.26. The number of hydrogen-bond donors (Lipinski definition) is 1. The summed E-state index contributed by atoms with van der Waals surface area (Å²) in [6.07, 6.45) is 4.96. The lowest BCUT2D eigenvalue weighted by atomic mass is 9.98. The largest absolute Gasteiger partial charge is 0.443 e. The Morgan fingerprint density at radius 3 is 2.48 bits per heavy atom. The summed E-state index contributed by atoms with van der Waals surface area (Å²) in [5.41, 5.74) is -0.980. The van der Waals surface area contributed by atoms with Gasteiger partial charge in [-0.3, -0.25) is 14.2 Å². The number of nitrogens with zero attached hydrogens (tertiary/aromatic N) is 3. The van der Waals surface area contributed by atoms with Gasteiger partial charge in [-0.1, -0.05) is 19.8 Å². The Morgan fingerprint density at radius 2 is 1.89 bits per heavy atom. The third kappa shape index (κ3) is 3.70. The van der Waals surface area contributed by atoms with E-state index in [1.807, 2.05) is 6.92 Å². The van der Waals surface area contributed by atoms with E-state index in [1.165, 1.54) is 9.13 Å². The quantitative estimate of drug-likeness (QED) is 0.808. The first-order chi connectivity index (χ1) is 12.7. The van der Waals surface area contributed by atoms with E-state index in [1.54, 1.807) is 20.8 Å². The highest BCUT2D eigenvalue weighted by Gasteiger charge is 2.26. The number of aromatic nitrogens is 4. The maximum atomic E-state index is 12.9. The van der Waals surface area contributed by atoms with Crippen LogP contribution in [0.4, 0.5) is 0 Å². The van der Waals surface area contributed by atoms with Gasteiger partial charge in [0, 0.05) is 12.5 Å². The lowest BCUT2D eigenvalue weighted by molar-refractivity contribution is -0.156. The van der Waals surface area contributed by atoms with E-state index in [4.69, 9.17) is 4.74 Å². The molecule has 1 fully saturated rings. The van der Waals surface area contributed by atoms with Gasteiger partial charge in [0.2, 0.25) is 0 Å². The van der Waals surface area contributed by atoms with Gasteiger partial charge in [-0.2, -0.15) is 0 Å². The summed E-state index contributed by atoms with van der Waals surface area (Å²) < 4.78 is 7.81. The van der Waals surface area contributed by atoms with Crippen molar-refractivity contribution in [3.8, 4) is 0 Å². The standard InChI is InChI=1S/C19H28N4O4/c1-5-10-22-16(24)13-15(21-14(20-13)12-8-6-7-9-12)23(18(22)26)11-27-17(25)19(2,3)4/h12H,5-11H2,1-4H3,(H,20,21). The molecule has 0 bridgehead atoms. The predicted octanol–water partition coefficient (Wildman–Crippen LogP) is 2.50. The smallest absolute Gasteiger partial charge is 0.335 e. The van der Waals surface area contributed by atoms with Crippen LogP contribution in [0.2, 0.25) is 0 Å². The van der Waals surface area contributed by atoms with E-state index in [9.17, 15) is 14.4 Å². The summed E-state index contributed by atoms with van der Waals surface area (Å²) >= 11 is 0. The minimum atomic E-state index is -0.679. The molecular weight excluding hydrogens is 348 g/mol. The maximum absolute atomic E-state index is 12.9. The van der Waals surface area contributed by atoms with E-state index in [0.29, 0.717) is 18.5 Å². The van der Waals surface area contributed by atoms with Crippen LogP contribution in [0.5, 0.6) is 0 Å². The van der Waals surface area contributed by atoms with Crippen LogP contribution in [0.15, 0.2) is 9.59 Å². The van der Waals surface area contributed by atoms with E-state index in [0.717, 1.165) is 31.5 Å². The van der Waals surface area contributed by atoms with Gasteiger partial charge in [0.1, 0.15) is 11.3 Å². The number of fused-ring (bicyclic) bond motifs is 1. The molecular formula is C19H28N4O4. The second kappa shape index (κ2) is 7.32. The first-order valence-corrected chi connectivity index (χ1v) is 9.64. The van der Waals surface area contributed by atoms with Crippen LogP contribution in [-0.2, 0) is 22.8 Å². The van der Waals surface area contributed by atoms with Crippen LogP contribution in [0, 0.1) is 5.41 Å². The summed E-state index contributed by atoms with van der Waals surface area (Å²) in [5.74, 6) is 0.601. The van der Waals surface area contributed by atoms with Crippen LogP contribution >= 0.6 is 0 Å². The molecule has 3 rings (SSSR count). The molecule has 0 amide bonds. The van der Waals surface area contributed by atoms with Crippen LogP contribution in [-0.4, -0.2) is 25.1 Å². The molecule has 0 aliphatic heterocycles. The molecule has 0 aromatic carbocycles. The molecule has 1 N–H and O–H groups in total. The Bertz CT molecular complexity index is 955. The first-order valence-electron chi connectivity index (χ1n) is 9.64. The third-order valence-electron chi connectivity index (χ3n) is 5.01. The Balaban J connectivity index is 2.09. The fourth-order valence-electron chi connectivity index (χ4n) is 3.45. The molecule has 0 spiro atoms. The normalized spacial score (nSPS) is 15.6. The van der Waals surface area contributed by atoms with Gasteiger partial charge in [0.05, 0.1) is 5.41 Å². The predicted molar refractivity (Wildman–Crippen MR) is 102 cm³/mol. The number of nitrogens with one attached hydrogen (secondary N) is 1. The lowest BCUT2D eigenvalue weighted by Crippen LogP contribution is -2.41. The van der Waals surface area contributed by atoms with Crippen LogP contribution < -0.4 is 11.2 Å². The third-order valence-corrected chi connectivity index (χ3v) is 5.01. The number of rotatable bonds is 5. The van der Waals surface area contributed by atoms with Crippen molar-refractivity contribution in [2.75, 3.05) is 0 Å². The number of aromatic amines is 1. The zero-order valence-electron chi connectivity index (χ0n) is 16.5. The number of H-pyrrole nitrogens is 1. The SMILES string of the molecule is CCCn1c(=O)c2[nH]c(C3CCCC3)nc2n(COC(=O)C(C)(C)C)c1=O. The van der Waals surface area contributed by atoms with Gasteiger partial charge in [-0.15, -0.1) is 0 Å². The van der Waals surface area contributed by atoms with Gasteiger partial charge in [-0.25, -0.2) is 14.3 Å². The Morgan fingerprint density at radius 1 is 1.22 bits per heavy atom. The molecule has 0 saturated heterocycles. The van der Waals surface area contributed by atoms with Crippen molar-refractivity contribution >= 4 is 17.1 Å². The molecule has 1 aliphatic carbocycles. The molecule has 2 aromatic rings. The summed E-state index contributed by atoms with van der Waals surface area (Å²) in [6.45, 7) is 7.19. The molecule has 0 radical (unpaired) electrons. The molecule has 148 valence electrons. The zero-order valence-corrected chi connectivity index (χ0v) is 16.5. The summed E-state index contributed by atoms with van der Waals surface area (Å²) in [7, 11) is 0. The van der Waals surface area contributed by atoms with Crippen molar-refractivity contribution in [3.63, 3.8) is 0 Å².